The molecular weight excluding hydrogens is 382 g/mol. The first kappa shape index (κ1) is 21.0. The third-order valence-electron chi connectivity index (χ3n) is 2.97. The van der Waals surface area contributed by atoms with E-state index in [1.54, 1.807) is 0 Å². The summed E-state index contributed by atoms with van der Waals surface area (Å²) >= 11 is 0. The maximum atomic E-state index is 12.4. The van der Waals surface area contributed by atoms with E-state index in [0.717, 1.165) is 17.4 Å². The first-order chi connectivity index (χ1) is 11.1. The Kier molecular flexibility index (Phi) is 5.64. The topological polar surface area (TPSA) is 95.5 Å². The number of alkyl halides is 6. The lowest BCUT2D eigenvalue weighted by molar-refractivity contribution is -0.364. The molecule has 0 spiro atoms. The van der Waals surface area contributed by atoms with E-state index in [0.29, 0.717) is 5.56 Å². The lowest BCUT2D eigenvalue weighted by Gasteiger charge is -2.32. The Morgan fingerprint density at radius 1 is 1.12 bits per heavy atom. The Bertz CT molecular complexity index is 731. The van der Waals surface area contributed by atoms with Gasteiger partial charge in [0.1, 0.15) is 0 Å². The van der Waals surface area contributed by atoms with Gasteiger partial charge in [0.15, 0.2) is 0 Å². The maximum absolute atomic E-state index is 12.4. The molecule has 0 saturated heterocycles. The van der Waals surface area contributed by atoms with Gasteiger partial charge >= 0.3 is 18.4 Å². The molecule has 25 heavy (non-hydrogen) atoms. The Hall–Kier alpha value is -2.02. The largest absolute Gasteiger partial charge is 0.428 e. The number of benzene rings is 1. The van der Waals surface area contributed by atoms with Crippen molar-refractivity contribution in [2.45, 2.75) is 29.8 Å². The first-order valence-corrected chi connectivity index (χ1v) is 7.81. The molecule has 142 valence electrons. The van der Waals surface area contributed by atoms with Crippen molar-refractivity contribution in [3.05, 3.63) is 29.8 Å². The number of carbonyl (C=O) groups is 1. The molecule has 1 aromatic carbocycles. The Labute approximate surface area is 137 Å². The molecule has 2 amide bonds. The van der Waals surface area contributed by atoms with E-state index in [1.165, 1.54) is 23.8 Å². The highest BCUT2D eigenvalue weighted by molar-refractivity contribution is 7.90. The molecule has 0 aliphatic rings. The number of halogens is 6. The van der Waals surface area contributed by atoms with Crippen molar-refractivity contribution < 1.29 is 44.7 Å². The monoisotopic (exact) mass is 394 g/mol. The van der Waals surface area contributed by atoms with Crippen molar-refractivity contribution in [1.29, 1.82) is 0 Å². The van der Waals surface area contributed by atoms with Crippen LogP contribution in [0, 0.1) is 6.92 Å². The summed E-state index contributed by atoms with van der Waals surface area (Å²) in [5, 5.41) is 9.90. The van der Waals surface area contributed by atoms with Crippen LogP contribution in [0.2, 0.25) is 0 Å². The van der Waals surface area contributed by atoms with Crippen LogP contribution >= 0.6 is 0 Å². The second kappa shape index (κ2) is 6.71. The molecule has 0 fully saturated rings. The number of hydrogen-bond acceptors (Lipinski definition) is 4. The SMILES string of the molecule is Cc1cccc(S(=O)(=O)NC(=O)NCC(O)(C(F)(F)F)C(F)(F)F)c1. The molecule has 1 rings (SSSR count). The number of nitrogens with one attached hydrogen (secondary N) is 2. The molecule has 3 N–H and O–H groups in total. The zero-order chi connectivity index (χ0) is 19.7. The van der Waals surface area contributed by atoms with Gasteiger partial charge in [-0.3, -0.25) is 0 Å². The van der Waals surface area contributed by atoms with Gasteiger partial charge in [0.25, 0.3) is 15.6 Å². The summed E-state index contributed by atoms with van der Waals surface area (Å²) in [4.78, 5) is 10.9. The lowest BCUT2D eigenvalue weighted by Crippen LogP contribution is -2.63. The number of carbonyl (C=O) groups excluding carboxylic acids is 1. The first-order valence-electron chi connectivity index (χ1n) is 6.33. The average Bonchev–Trinajstić information content (AvgIpc) is 2.41. The van der Waals surface area contributed by atoms with Gasteiger partial charge < -0.3 is 10.4 Å². The molecule has 0 heterocycles. The zero-order valence-electron chi connectivity index (χ0n) is 12.4. The van der Waals surface area contributed by atoms with Crippen LogP contribution in [0.4, 0.5) is 31.1 Å². The third kappa shape index (κ3) is 4.75. The minimum Gasteiger partial charge on any atom is -0.372 e. The van der Waals surface area contributed by atoms with Crippen LogP contribution in [-0.4, -0.2) is 44.1 Å². The Morgan fingerprint density at radius 2 is 1.64 bits per heavy atom. The molecule has 0 radical (unpaired) electrons. The smallest absolute Gasteiger partial charge is 0.372 e. The molecule has 0 aliphatic carbocycles. The van der Waals surface area contributed by atoms with E-state index >= 15 is 0 Å². The predicted octanol–water partition coefficient (Wildman–Crippen LogP) is 1.84. The second-order valence-electron chi connectivity index (χ2n) is 4.96. The van der Waals surface area contributed by atoms with Crippen LogP contribution in [0.25, 0.3) is 0 Å². The molecule has 0 saturated carbocycles. The number of amides is 2. The summed E-state index contributed by atoms with van der Waals surface area (Å²) in [6.45, 7) is -0.805. The van der Waals surface area contributed by atoms with Crippen LogP contribution in [0.5, 0.6) is 0 Å². The van der Waals surface area contributed by atoms with Crippen molar-refractivity contribution >= 4 is 16.1 Å². The van der Waals surface area contributed by atoms with Crippen LogP contribution in [0.1, 0.15) is 5.56 Å². The summed E-state index contributed by atoms with van der Waals surface area (Å²) < 4.78 is 99.5. The summed E-state index contributed by atoms with van der Waals surface area (Å²) in [7, 11) is -4.53. The number of urea groups is 1. The van der Waals surface area contributed by atoms with E-state index in [2.05, 4.69) is 0 Å². The van der Waals surface area contributed by atoms with Gasteiger partial charge in [-0.25, -0.2) is 17.9 Å². The quantitative estimate of drug-likeness (QED) is 0.679. The molecule has 0 atom stereocenters. The number of sulfonamides is 1. The fraction of sp³-hybridized carbons (Fsp3) is 0.417. The molecular formula is C12H12F6N2O4S. The number of aliphatic hydroxyl groups is 1. The van der Waals surface area contributed by atoms with Gasteiger partial charge in [-0.05, 0) is 24.6 Å². The van der Waals surface area contributed by atoms with Gasteiger partial charge in [0.05, 0.1) is 11.4 Å². The second-order valence-corrected chi connectivity index (χ2v) is 6.64. The van der Waals surface area contributed by atoms with Crippen molar-refractivity contribution in [3.8, 4) is 0 Å². The van der Waals surface area contributed by atoms with Crippen molar-refractivity contribution in [2.75, 3.05) is 6.54 Å². The van der Waals surface area contributed by atoms with Crippen molar-refractivity contribution in [1.82, 2.24) is 10.0 Å². The standard InChI is InChI=1S/C12H12F6N2O4S/c1-7-3-2-4-8(5-7)25(23,24)20-9(21)19-6-10(22,11(13,14)15)12(16,17)18/h2-5,22H,6H2,1H3,(H2,19,20,21). The molecule has 13 heteroatoms. The Morgan fingerprint density at radius 3 is 2.08 bits per heavy atom. The summed E-state index contributed by atoms with van der Waals surface area (Å²) in [6.07, 6.45) is -12.3. The number of hydrogen-bond donors (Lipinski definition) is 3. The minimum absolute atomic E-state index is 0.426. The average molecular weight is 394 g/mol. The third-order valence-corrected chi connectivity index (χ3v) is 4.30. The maximum Gasteiger partial charge on any atom is 0.428 e. The van der Waals surface area contributed by atoms with Crippen LogP contribution in [0.15, 0.2) is 29.2 Å². The van der Waals surface area contributed by atoms with E-state index < -0.39 is 45.4 Å². The Balaban J connectivity index is 2.89. The van der Waals surface area contributed by atoms with E-state index in [-0.39, 0.29) is 0 Å². The van der Waals surface area contributed by atoms with E-state index in [9.17, 15) is 39.6 Å². The lowest BCUT2D eigenvalue weighted by atomic mass is 10.0. The summed E-state index contributed by atoms with van der Waals surface area (Å²) in [6, 6.07) is 3.15. The van der Waals surface area contributed by atoms with E-state index in [4.69, 9.17) is 5.11 Å². The molecule has 0 aliphatic heterocycles. The molecule has 6 nitrogen and oxygen atoms in total. The van der Waals surface area contributed by atoms with Gasteiger partial charge in [-0.15, -0.1) is 0 Å². The van der Waals surface area contributed by atoms with Gasteiger partial charge in [0.2, 0.25) is 0 Å². The molecule has 0 bridgehead atoms. The highest BCUT2D eigenvalue weighted by Gasteiger charge is 2.70. The number of aryl methyl sites for hydroxylation is 1. The molecule has 1 aromatic rings. The summed E-state index contributed by atoms with van der Waals surface area (Å²) in [5.74, 6) is 0. The predicted molar refractivity (Wildman–Crippen MR) is 72.0 cm³/mol. The number of rotatable bonds is 4. The summed E-state index contributed by atoms with van der Waals surface area (Å²) in [5.41, 5.74) is -4.75. The van der Waals surface area contributed by atoms with E-state index in [1.807, 2.05) is 0 Å². The van der Waals surface area contributed by atoms with Crippen LogP contribution < -0.4 is 10.0 Å². The van der Waals surface area contributed by atoms with Crippen LogP contribution in [0.3, 0.4) is 0 Å². The fourth-order valence-electron chi connectivity index (χ4n) is 1.57. The highest BCUT2D eigenvalue weighted by atomic mass is 32.2. The van der Waals surface area contributed by atoms with Gasteiger partial charge in [0, 0.05) is 0 Å². The van der Waals surface area contributed by atoms with Crippen LogP contribution in [-0.2, 0) is 10.0 Å². The normalized spacial score (nSPS) is 13.4. The van der Waals surface area contributed by atoms with Gasteiger partial charge in [-0.2, -0.15) is 26.3 Å². The zero-order valence-corrected chi connectivity index (χ0v) is 13.2. The minimum atomic E-state index is -6.14. The molecule has 0 unspecified atom stereocenters. The van der Waals surface area contributed by atoms with Gasteiger partial charge in [-0.1, -0.05) is 12.1 Å². The van der Waals surface area contributed by atoms with Crippen molar-refractivity contribution in [2.24, 2.45) is 0 Å². The fourth-order valence-corrected chi connectivity index (χ4v) is 2.60. The van der Waals surface area contributed by atoms with Crippen molar-refractivity contribution in [3.63, 3.8) is 0 Å². The highest BCUT2D eigenvalue weighted by Crippen LogP contribution is 2.42. The molecule has 0 aromatic heterocycles.